The minimum atomic E-state index is -0.575. The second-order valence-electron chi connectivity index (χ2n) is 5.14. The summed E-state index contributed by atoms with van der Waals surface area (Å²) in [6.07, 6.45) is 1.53. The van der Waals surface area contributed by atoms with Gasteiger partial charge in [-0.25, -0.2) is 0 Å². The van der Waals surface area contributed by atoms with Crippen LogP contribution in [0.5, 0.6) is 5.75 Å². The number of rotatable bonds is 3. The lowest BCUT2D eigenvalue weighted by Crippen LogP contribution is -2.44. The summed E-state index contributed by atoms with van der Waals surface area (Å²) in [7, 11) is 0. The number of aromatic hydroxyl groups is 1. The van der Waals surface area contributed by atoms with Crippen LogP contribution in [0.15, 0.2) is 47.4 Å². The molecule has 0 bridgehead atoms. The van der Waals surface area contributed by atoms with Gasteiger partial charge in [0.2, 0.25) is 0 Å². The first-order chi connectivity index (χ1) is 12.4. The highest BCUT2D eigenvalue weighted by Crippen LogP contribution is 2.35. The number of phenols is 1. The molecular weight excluding hydrogens is 415 g/mol. The third-order valence-corrected chi connectivity index (χ3v) is 5.35. The molecule has 1 heterocycles. The fraction of sp³-hybridized carbons (Fsp3) is 0. The van der Waals surface area contributed by atoms with Crippen molar-refractivity contribution in [3.8, 4) is 5.75 Å². The Hall–Kier alpha value is -2.06. The largest absolute Gasteiger partial charge is 0.508 e. The van der Waals surface area contributed by atoms with E-state index in [2.05, 4.69) is 5.43 Å². The van der Waals surface area contributed by atoms with Crippen LogP contribution in [-0.2, 0) is 4.79 Å². The molecule has 0 saturated carbocycles. The van der Waals surface area contributed by atoms with Crippen molar-refractivity contribution in [2.24, 2.45) is 0 Å². The predicted octanol–water partition coefficient (Wildman–Crippen LogP) is 4.25. The van der Waals surface area contributed by atoms with Crippen LogP contribution >= 0.6 is 47.2 Å². The number of carbonyl (C=O) groups is 2. The van der Waals surface area contributed by atoms with E-state index in [0.29, 0.717) is 15.6 Å². The molecule has 1 aliphatic heterocycles. The van der Waals surface area contributed by atoms with E-state index in [1.807, 2.05) is 0 Å². The van der Waals surface area contributed by atoms with Crippen molar-refractivity contribution in [3.63, 3.8) is 0 Å². The van der Waals surface area contributed by atoms with Crippen LogP contribution in [0.1, 0.15) is 15.9 Å². The Morgan fingerprint density at radius 1 is 1.19 bits per heavy atom. The Labute approximate surface area is 168 Å². The molecule has 3 rings (SSSR count). The number of phenolic OH excluding ortho intramolecular Hbond substituents is 1. The summed E-state index contributed by atoms with van der Waals surface area (Å²) in [5, 5.41) is 11.2. The van der Waals surface area contributed by atoms with Gasteiger partial charge in [-0.1, -0.05) is 47.1 Å². The Morgan fingerprint density at radius 3 is 2.50 bits per heavy atom. The average Bonchev–Trinajstić information content (AvgIpc) is 2.85. The minimum absolute atomic E-state index is 0.0590. The van der Waals surface area contributed by atoms with Gasteiger partial charge in [-0.15, -0.1) is 0 Å². The second-order valence-corrected chi connectivity index (χ2v) is 7.63. The van der Waals surface area contributed by atoms with Crippen molar-refractivity contribution >= 4 is 69.4 Å². The van der Waals surface area contributed by atoms with E-state index >= 15 is 0 Å². The van der Waals surface area contributed by atoms with E-state index in [9.17, 15) is 14.7 Å². The fourth-order valence-corrected chi connectivity index (χ4v) is 3.82. The van der Waals surface area contributed by atoms with Gasteiger partial charge in [0.05, 0.1) is 4.91 Å². The lowest BCUT2D eigenvalue weighted by molar-refractivity contribution is -0.123. The zero-order valence-corrected chi connectivity index (χ0v) is 16.0. The third-order valence-electron chi connectivity index (χ3n) is 3.39. The summed E-state index contributed by atoms with van der Waals surface area (Å²) in [6.45, 7) is 0. The van der Waals surface area contributed by atoms with Gasteiger partial charge in [-0.05, 0) is 48.6 Å². The van der Waals surface area contributed by atoms with Gasteiger partial charge in [0.1, 0.15) is 5.75 Å². The smallest absolute Gasteiger partial charge is 0.285 e. The van der Waals surface area contributed by atoms with Gasteiger partial charge in [-0.3, -0.25) is 15.0 Å². The summed E-state index contributed by atoms with van der Waals surface area (Å²) in [6, 6.07) is 10.8. The number of hydrogen-bond donors (Lipinski definition) is 2. The molecular formula is C17H10Cl2N2O3S2. The molecule has 2 aromatic rings. The molecule has 0 radical (unpaired) electrons. The van der Waals surface area contributed by atoms with Crippen LogP contribution in [0.25, 0.3) is 6.08 Å². The van der Waals surface area contributed by atoms with Crippen molar-refractivity contribution in [3.05, 3.63) is 68.5 Å². The zero-order chi connectivity index (χ0) is 18.8. The molecule has 5 nitrogen and oxygen atoms in total. The van der Waals surface area contributed by atoms with Gasteiger partial charge < -0.3 is 5.11 Å². The molecule has 9 heteroatoms. The normalized spacial score (nSPS) is 15.6. The first-order valence-corrected chi connectivity index (χ1v) is 9.17. The number of benzene rings is 2. The maximum Gasteiger partial charge on any atom is 0.285 e. The number of nitrogens with one attached hydrogen (secondary N) is 1. The number of hydrogen-bond acceptors (Lipinski definition) is 5. The topological polar surface area (TPSA) is 69.6 Å². The number of hydrazine groups is 1. The van der Waals surface area contributed by atoms with Crippen LogP contribution < -0.4 is 5.43 Å². The number of carbonyl (C=O) groups excluding carboxylic acids is 2. The summed E-state index contributed by atoms with van der Waals surface area (Å²) in [5.41, 5.74) is 3.12. The predicted molar refractivity (Wildman–Crippen MR) is 107 cm³/mol. The van der Waals surface area contributed by atoms with Gasteiger partial charge in [-0.2, -0.15) is 5.01 Å². The molecule has 2 amide bonds. The number of thiocarbonyl (C=S) groups is 1. The highest BCUT2D eigenvalue weighted by molar-refractivity contribution is 8.26. The highest BCUT2D eigenvalue weighted by Gasteiger charge is 2.34. The zero-order valence-electron chi connectivity index (χ0n) is 12.9. The molecule has 0 aromatic heterocycles. The summed E-state index contributed by atoms with van der Waals surface area (Å²) in [4.78, 5) is 25.1. The van der Waals surface area contributed by atoms with Crippen LogP contribution in [0.3, 0.4) is 0 Å². The number of amides is 2. The minimum Gasteiger partial charge on any atom is -0.508 e. The van der Waals surface area contributed by atoms with Crippen molar-refractivity contribution < 1.29 is 14.7 Å². The standard InChI is InChI=1S/C17H10Cl2N2O3S2/c18-12-5-2-6-13(19)11(12)8-14-16(24)21(17(25)26-14)20-15(23)9-3-1-4-10(22)7-9/h1-8,22H,(H,20,23)/b14-8-. The number of thioether (sulfide) groups is 1. The van der Waals surface area contributed by atoms with Crippen LogP contribution in [0, 0.1) is 0 Å². The molecule has 2 aromatic carbocycles. The van der Waals surface area contributed by atoms with Crippen molar-refractivity contribution in [1.82, 2.24) is 10.4 Å². The molecule has 0 aliphatic carbocycles. The molecule has 1 fully saturated rings. The van der Waals surface area contributed by atoms with Gasteiger partial charge in [0.15, 0.2) is 4.32 Å². The molecule has 2 N–H and O–H groups in total. The Bertz CT molecular complexity index is 943. The second kappa shape index (κ2) is 7.67. The summed E-state index contributed by atoms with van der Waals surface area (Å²) >= 11 is 18.4. The average molecular weight is 425 g/mol. The maximum absolute atomic E-state index is 12.6. The molecule has 0 unspecified atom stereocenters. The lowest BCUT2D eigenvalue weighted by Gasteiger charge is -2.15. The van der Waals surface area contributed by atoms with Crippen LogP contribution in [0.2, 0.25) is 10.0 Å². The summed E-state index contributed by atoms with van der Waals surface area (Å²) < 4.78 is 0.165. The van der Waals surface area contributed by atoms with Crippen molar-refractivity contribution in [1.29, 1.82) is 0 Å². The van der Waals surface area contributed by atoms with E-state index in [1.165, 1.54) is 30.3 Å². The van der Waals surface area contributed by atoms with Crippen LogP contribution in [0.4, 0.5) is 0 Å². The SMILES string of the molecule is O=C(NN1C(=O)/C(=C/c2c(Cl)cccc2Cl)SC1=S)c1cccc(O)c1. The quantitative estimate of drug-likeness (QED) is 0.569. The van der Waals surface area contributed by atoms with Crippen LogP contribution in [-0.4, -0.2) is 26.3 Å². The molecule has 0 spiro atoms. The lowest BCUT2D eigenvalue weighted by atomic mass is 10.2. The van der Waals surface area contributed by atoms with Crippen molar-refractivity contribution in [2.75, 3.05) is 0 Å². The Morgan fingerprint density at radius 2 is 1.85 bits per heavy atom. The van der Waals surface area contributed by atoms with E-state index in [-0.39, 0.29) is 20.5 Å². The van der Waals surface area contributed by atoms with E-state index in [1.54, 1.807) is 18.2 Å². The van der Waals surface area contributed by atoms with E-state index in [0.717, 1.165) is 16.8 Å². The monoisotopic (exact) mass is 424 g/mol. The summed E-state index contributed by atoms with van der Waals surface area (Å²) in [5.74, 6) is -1.13. The molecule has 1 saturated heterocycles. The number of halogens is 2. The van der Waals surface area contributed by atoms with Crippen molar-refractivity contribution in [2.45, 2.75) is 0 Å². The van der Waals surface area contributed by atoms with Gasteiger partial charge in [0.25, 0.3) is 11.8 Å². The Balaban J connectivity index is 1.83. The first-order valence-electron chi connectivity index (χ1n) is 7.19. The fourth-order valence-electron chi connectivity index (χ4n) is 2.16. The molecule has 26 heavy (non-hydrogen) atoms. The molecule has 1 aliphatic rings. The highest BCUT2D eigenvalue weighted by atomic mass is 35.5. The first kappa shape index (κ1) is 18.7. The van der Waals surface area contributed by atoms with Gasteiger partial charge in [0, 0.05) is 21.2 Å². The maximum atomic E-state index is 12.6. The molecule has 132 valence electrons. The Kier molecular flexibility index (Phi) is 5.52. The number of nitrogens with zero attached hydrogens (tertiary/aromatic N) is 1. The van der Waals surface area contributed by atoms with E-state index in [4.69, 9.17) is 35.4 Å². The van der Waals surface area contributed by atoms with Gasteiger partial charge >= 0.3 is 0 Å². The van der Waals surface area contributed by atoms with E-state index < -0.39 is 11.8 Å². The third kappa shape index (κ3) is 3.86. The molecule has 0 atom stereocenters.